The van der Waals surface area contributed by atoms with Gasteiger partial charge in [-0.05, 0) is 49.4 Å². The zero-order valence-corrected chi connectivity index (χ0v) is 10.7. The maximum Gasteiger partial charge on any atom is 0.328 e. The van der Waals surface area contributed by atoms with Crippen LogP contribution in [-0.4, -0.2) is 25.0 Å². The van der Waals surface area contributed by atoms with E-state index in [0.717, 1.165) is 19.3 Å². The van der Waals surface area contributed by atoms with Gasteiger partial charge >= 0.3 is 5.97 Å². The Kier molecular flexibility index (Phi) is 3.65. The summed E-state index contributed by atoms with van der Waals surface area (Å²) in [5.41, 5.74) is 3.17. The molecule has 2 rings (SSSR count). The zero-order chi connectivity index (χ0) is 13.1. The second-order valence-electron chi connectivity index (χ2n) is 4.56. The van der Waals surface area contributed by atoms with E-state index in [-0.39, 0.29) is 5.91 Å². The van der Waals surface area contributed by atoms with E-state index in [1.807, 2.05) is 18.2 Å². The lowest BCUT2D eigenvalue weighted by molar-refractivity contribution is -0.142. The van der Waals surface area contributed by atoms with Gasteiger partial charge in [-0.3, -0.25) is 4.79 Å². The summed E-state index contributed by atoms with van der Waals surface area (Å²) in [6.45, 7) is 1.61. The summed E-state index contributed by atoms with van der Waals surface area (Å²) >= 11 is 0. The predicted molar refractivity (Wildman–Crippen MR) is 67.4 cm³/mol. The highest BCUT2D eigenvalue weighted by Gasteiger charge is 2.18. The van der Waals surface area contributed by atoms with Gasteiger partial charge in [-0.15, -0.1) is 0 Å². The summed E-state index contributed by atoms with van der Waals surface area (Å²) in [4.78, 5) is 23.2. The predicted octanol–water partition coefficient (Wildman–Crippen LogP) is 1.47. The molecule has 0 fully saturated rings. The quantitative estimate of drug-likeness (QED) is 0.823. The molecule has 4 nitrogen and oxygen atoms in total. The van der Waals surface area contributed by atoms with Crippen molar-refractivity contribution >= 4 is 11.9 Å². The van der Waals surface area contributed by atoms with E-state index in [2.05, 4.69) is 10.1 Å². The maximum atomic E-state index is 12.0. The molecule has 1 aliphatic rings. The van der Waals surface area contributed by atoms with Crippen molar-refractivity contribution in [3.05, 3.63) is 34.9 Å². The first-order valence-corrected chi connectivity index (χ1v) is 6.12. The highest BCUT2D eigenvalue weighted by molar-refractivity contribution is 5.96. The Morgan fingerprint density at radius 3 is 2.72 bits per heavy atom. The molecule has 0 aromatic heterocycles. The van der Waals surface area contributed by atoms with Gasteiger partial charge in [-0.1, -0.05) is 6.07 Å². The molecule has 18 heavy (non-hydrogen) atoms. The first-order valence-electron chi connectivity index (χ1n) is 6.12. The van der Waals surface area contributed by atoms with Crippen molar-refractivity contribution in [2.75, 3.05) is 7.11 Å². The van der Waals surface area contributed by atoms with Crippen LogP contribution in [0, 0.1) is 0 Å². The molecule has 0 spiro atoms. The molecule has 96 valence electrons. The fraction of sp³-hybridized carbons (Fsp3) is 0.429. The Balaban J connectivity index is 2.07. The monoisotopic (exact) mass is 247 g/mol. The standard InChI is InChI=1S/C14H17NO3/c1-9(14(17)18-2)15-13(16)12-7-6-10-4-3-5-11(10)8-12/h6-9H,3-5H2,1-2H3,(H,15,16)/t9-/m0/s1. The van der Waals surface area contributed by atoms with Crippen LogP contribution >= 0.6 is 0 Å². The van der Waals surface area contributed by atoms with Gasteiger partial charge in [0.05, 0.1) is 7.11 Å². The Morgan fingerprint density at radius 2 is 2.00 bits per heavy atom. The summed E-state index contributed by atoms with van der Waals surface area (Å²) < 4.78 is 4.57. The van der Waals surface area contributed by atoms with Crippen LogP contribution in [0.1, 0.15) is 34.8 Å². The lowest BCUT2D eigenvalue weighted by atomic mass is 10.1. The van der Waals surface area contributed by atoms with Crippen LogP contribution in [-0.2, 0) is 22.4 Å². The number of carbonyl (C=O) groups excluding carboxylic acids is 2. The average Bonchev–Trinajstić information content (AvgIpc) is 2.84. The van der Waals surface area contributed by atoms with E-state index in [0.29, 0.717) is 5.56 Å². The van der Waals surface area contributed by atoms with Crippen LogP contribution in [0.2, 0.25) is 0 Å². The summed E-state index contributed by atoms with van der Waals surface area (Å²) in [7, 11) is 1.31. The Hall–Kier alpha value is -1.84. The molecule has 1 atom stereocenters. The molecule has 0 aliphatic heterocycles. The molecule has 0 radical (unpaired) electrons. The van der Waals surface area contributed by atoms with Crippen molar-refractivity contribution in [3.8, 4) is 0 Å². The molecule has 0 saturated heterocycles. The number of hydrogen-bond acceptors (Lipinski definition) is 3. The first-order chi connectivity index (χ1) is 8.61. The number of ether oxygens (including phenoxy) is 1. The van der Waals surface area contributed by atoms with Crippen molar-refractivity contribution in [1.29, 1.82) is 0 Å². The fourth-order valence-electron chi connectivity index (χ4n) is 2.23. The molecule has 1 aromatic carbocycles. The number of esters is 1. The van der Waals surface area contributed by atoms with Crippen LogP contribution in [0.15, 0.2) is 18.2 Å². The number of rotatable bonds is 3. The Bertz CT molecular complexity index is 482. The first kappa shape index (κ1) is 12.6. The number of hydrogen-bond donors (Lipinski definition) is 1. The molecule has 0 unspecified atom stereocenters. The molecule has 4 heteroatoms. The van der Waals surface area contributed by atoms with Crippen LogP contribution in [0.4, 0.5) is 0 Å². The van der Waals surface area contributed by atoms with Crippen molar-refractivity contribution in [1.82, 2.24) is 5.32 Å². The second kappa shape index (κ2) is 5.21. The number of benzene rings is 1. The number of carbonyl (C=O) groups is 2. The summed E-state index contributed by atoms with van der Waals surface area (Å²) in [6, 6.07) is 5.10. The fourth-order valence-corrected chi connectivity index (χ4v) is 2.23. The zero-order valence-electron chi connectivity index (χ0n) is 10.7. The minimum atomic E-state index is -0.629. The highest BCUT2D eigenvalue weighted by atomic mass is 16.5. The SMILES string of the molecule is COC(=O)[C@H](C)NC(=O)c1ccc2c(c1)CCC2. The second-order valence-corrected chi connectivity index (χ2v) is 4.56. The van der Waals surface area contributed by atoms with Gasteiger partial charge in [-0.25, -0.2) is 4.79 Å². The van der Waals surface area contributed by atoms with Crippen LogP contribution < -0.4 is 5.32 Å². The van der Waals surface area contributed by atoms with Gasteiger partial charge in [0, 0.05) is 5.56 Å². The van der Waals surface area contributed by atoms with Gasteiger partial charge in [0.15, 0.2) is 0 Å². The van der Waals surface area contributed by atoms with Crippen LogP contribution in [0.3, 0.4) is 0 Å². The number of aryl methyl sites for hydroxylation is 2. The van der Waals surface area contributed by atoms with Crippen molar-refractivity contribution in [2.45, 2.75) is 32.2 Å². The lowest BCUT2D eigenvalue weighted by Crippen LogP contribution is -2.39. The Morgan fingerprint density at radius 1 is 1.28 bits per heavy atom. The number of methoxy groups -OCH3 is 1. The third kappa shape index (κ3) is 2.53. The van der Waals surface area contributed by atoms with Crippen molar-refractivity contribution < 1.29 is 14.3 Å². The normalized spacial score (nSPS) is 14.8. The number of fused-ring (bicyclic) bond motifs is 1. The van der Waals surface area contributed by atoms with Gasteiger partial charge in [0.1, 0.15) is 6.04 Å². The minimum absolute atomic E-state index is 0.234. The van der Waals surface area contributed by atoms with E-state index in [1.165, 1.54) is 18.2 Å². The lowest BCUT2D eigenvalue weighted by Gasteiger charge is -2.12. The molecule has 0 bridgehead atoms. The molecular formula is C14H17NO3. The van der Waals surface area contributed by atoms with Crippen LogP contribution in [0.5, 0.6) is 0 Å². The summed E-state index contributed by atoms with van der Waals surface area (Å²) in [5.74, 6) is -0.674. The van der Waals surface area contributed by atoms with E-state index < -0.39 is 12.0 Å². The number of nitrogens with one attached hydrogen (secondary N) is 1. The topological polar surface area (TPSA) is 55.4 Å². The minimum Gasteiger partial charge on any atom is -0.467 e. The molecule has 0 heterocycles. The van der Waals surface area contributed by atoms with Gasteiger partial charge in [0.2, 0.25) is 0 Å². The van der Waals surface area contributed by atoms with E-state index in [1.54, 1.807) is 6.92 Å². The third-order valence-electron chi connectivity index (χ3n) is 3.26. The molecule has 1 aliphatic carbocycles. The van der Waals surface area contributed by atoms with Gasteiger partial charge < -0.3 is 10.1 Å². The Labute approximate surface area is 106 Å². The third-order valence-corrected chi connectivity index (χ3v) is 3.26. The van der Waals surface area contributed by atoms with Gasteiger partial charge in [-0.2, -0.15) is 0 Å². The van der Waals surface area contributed by atoms with E-state index >= 15 is 0 Å². The molecule has 0 saturated carbocycles. The summed E-state index contributed by atoms with van der Waals surface area (Å²) in [5, 5.41) is 2.62. The maximum absolute atomic E-state index is 12.0. The van der Waals surface area contributed by atoms with Gasteiger partial charge in [0.25, 0.3) is 5.91 Å². The summed E-state index contributed by atoms with van der Waals surface area (Å²) in [6.07, 6.45) is 3.28. The molecule has 1 N–H and O–H groups in total. The van der Waals surface area contributed by atoms with Crippen LogP contribution in [0.25, 0.3) is 0 Å². The largest absolute Gasteiger partial charge is 0.467 e. The smallest absolute Gasteiger partial charge is 0.328 e. The number of amides is 1. The average molecular weight is 247 g/mol. The van der Waals surface area contributed by atoms with E-state index in [4.69, 9.17) is 0 Å². The molecule has 1 aromatic rings. The molecular weight excluding hydrogens is 230 g/mol. The van der Waals surface area contributed by atoms with Crippen molar-refractivity contribution in [3.63, 3.8) is 0 Å². The van der Waals surface area contributed by atoms with E-state index in [9.17, 15) is 9.59 Å². The van der Waals surface area contributed by atoms with Crippen molar-refractivity contribution in [2.24, 2.45) is 0 Å². The molecule has 1 amide bonds. The highest BCUT2D eigenvalue weighted by Crippen LogP contribution is 2.22.